The Bertz CT molecular complexity index is 1610. The molecule has 0 fully saturated rings. The van der Waals surface area contributed by atoms with E-state index in [1.54, 1.807) is 61.1 Å². The van der Waals surface area contributed by atoms with Crippen LogP contribution in [0.3, 0.4) is 0 Å². The zero-order valence-corrected chi connectivity index (χ0v) is 22.0. The molecule has 4 rings (SSSR count). The topological polar surface area (TPSA) is 141 Å². The van der Waals surface area contributed by atoms with Crippen molar-refractivity contribution in [2.24, 2.45) is 5.16 Å². The van der Waals surface area contributed by atoms with Crippen molar-refractivity contribution in [3.8, 4) is 16.9 Å². The molecule has 3 N–H and O–H groups in total. The zero-order chi connectivity index (χ0) is 28.0. The van der Waals surface area contributed by atoms with Gasteiger partial charge >= 0.3 is 0 Å². The lowest BCUT2D eigenvalue weighted by molar-refractivity contribution is 0.0707. The molecule has 0 aliphatic rings. The molecule has 0 aliphatic heterocycles. The van der Waals surface area contributed by atoms with Crippen LogP contribution in [0.5, 0.6) is 5.75 Å². The fourth-order valence-corrected chi connectivity index (χ4v) is 5.79. The SMILES string of the molecule is COc1ccc(S(=O)(=O)N(Cc2cccnc2)c2c(C)cc(-c3ccccc3C=NO)cc2C(=O)NO)cc1. The number of ether oxygens (including phenoxy) is 1. The Morgan fingerprint density at radius 2 is 1.85 bits per heavy atom. The lowest BCUT2D eigenvalue weighted by Gasteiger charge is -2.28. The van der Waals surface area contributed by atoms with E-state index in [2.05, 4.69) is 10.1 Å². The van der Waals surface area contributed by atoms with Crippen LogP contribution in [-0.4, -0.2) is 43.0 Å². The average Bonchev–Trinajstić information content (AvgIpc) is 2.96. The second-order valence-electron chi connectivity index (χ2n) is 8.51. The Hall–Kier alpha value is -4.74. The summed E-state index contributed by atoms with van der Waals surface area (Å²) < 4.78 is 34.4. The number of hydrogen-bond donors (Lipinski definition) is 3. The smallest absolute Gasteiger partial charge is 0.276 e. The van der Waals surface area contributed by atoms with Gasteiger partial charge in [0.15, 0.2) is 0 Å². The third-order valence-corrected chi connectivity index (χ3v) is 7.82. The first-order valence-electron chi connectivity index (χ1n) is 11.7. The minimum absolute atomic E-state index is 0.0180. The molecular formula is C28H26N4O6S. The van der Waals surface area contributed by atoms with Crippen LogP contribution < -0.4 is 14.5 Å². The summed E-state index contributed by atoms with van der Waals surface area (Å²) in [4.78, 5) is 17.1. The molecule has 0 bridgehead atoms. The van der Waals surface area contributed by atoms with Crippen molar-refractivity contribution < 1.29 is 28.4 Å². The van der Waals surface area contributed by atoms with Crippen molar-refractivity contribution in [1.29, 1.82) is 0 Å². The van der Waals surface area contributed by atoms with Crippen molar-refractivity contribution in [3.05, 3.63) is 107 Å². The minimum Gasteiger partial charge on any atom is -0.497 e. The minimum atomic E-state index is -4.22. The summed E-state index contributed by atoms with van der Waals surface area (Å²) in [5.74, 6) is -0.414. The van der Waals surface area contributed by atoms with E-state index in [0.717, 1.165) is 4.31 Å². The van der Waals surface area contributed by atoms with E-state index in [1.165, 1.54) is 49.9 Å². The summed E-state index contributed by atoms with van der Waals surface area (Å²) in [7, 11) is -2.74. The van der Waals surface area contributed by atoms with Crippen molar-refractivity contribution in [2.75, 3.05) is 11.4 Å². The van der Waals surface area contributed by atoms with Crippen LogP contribution in [0, 0.1) is 6.92 Å². The van der Waals surface area contributed by atoms with E-state index >= 15 is 0 Å². The molecule has 4 aromatic rings. The number of aromatic nitrogens is 1. The van der Waals surface area contributed by atoms with Crippen LogP contribution in [0.15, 0.2) is 95.2 Å². The highest BCUT2D eigenvalue weighted by Crippen LogP contribution is 2.36. The summed E-state index contributed by atoms with van der Waals surface area (Å²) in [6.45, 7) is 1.54. The Morgan fingerprint density at radius 3 is 2.49 bits per heavy atom. The Balaban J connectivity index is 1.97. The molecule has 11 heteroatoms. The first-order chi connectivity index (χ1) is 18.8. The van der Waals surface area contributed by atoms with Gasteiger partial charge in [0.2, 0.25) is 0 Å². The maximum absolute atomic E-state index is 14.1. The quantitative estimate of drug-likeness (QED) is 0.122. The lowest BCUT2D eigenvalue weighted by atomic mass is 9.95. The van der Waals surface area contributed by atoms with Crippen molar-refractivity contribution >= 4 is 27.8 Å². The number of carbonyl (C=O) groups excluding carboxylic acids is 1. The molecule has 0 atom stereocenters. The van der Waals surface area contributed by atoms with Crippen molar-refractivity contribution in [3.63, 3.8) is 0 Å². The molecule has 200 valence electrons. The zero-order valence-electron chi connectivity index (χ0n) is 21.1. The summed E-state index contributed by atoms with van der Waals surface area (Å²) in [5, 5.41) is 21.8. The van der Waals surface area contributed by atoms with Gasteiger partial charge in [0.05, 0.1) is 36.0 Å². The third-order valence-electron chi connectivity index (χ3n) is 6.06. The molecule has 0 spiro atoms. The number of nitrogens with zero attached hydrogens (tertiary/aromatic N) is 3. The fourth-order valence-electron chi connectivity index (χ4n) is 4.25. The number of nitrogens with one attached hydrogen (secondary N) is 1. The van der Waals surface area contributed by atoms with E-state index in [1.807, 2.05) is 0 Å². The maximum Gasteiger partial charge on any atom is 0.276 e. The number of benzene rings is 3. The average molecular weight is 547 g/mol. The van der Waals surface area contributed by atoms with Gasteiger partial charge in [0.1, 0.15) is 5.75 Å². The largest absolute Gasteiger partial charge is 0.497 e. The molecule has 1 heterocycles. The number of aryl methyl sites for hydroxylation is 1. The van der Waals surface area contributed by atoms with Gasteiger partial charge in [0, 0.05) is 18.0 Å². The maximum atomic E-state index is 14.1. The molecule has 10 nitrogen and oxygen atoms in total. The number of oxime groups is 1. The summed E-state index contributed by atoms with van der Waals surface area (Å²) in [5.41, 5.74) is 4.42. The molecule has 0 saturated heterocycles. The van der Waals surface area contributed by atoms with E-state index < -0.39 is 15.9 Å². The van der Waals surface area contributed by atoms with Gasteiger partial charge in [-0.3, -0.25) is 19.3 Å². The first kappa shape index (κ1) is 27.3. The standard InChI is InChI=1S/C28H26N4O6S/c1-19-14-22(25-8-4-3-7-21(25)17-30-34)15-26(28(33)31-35)27(19)32(18-20-6-5-13-29-16-20)39(36,37)24-11-9-23(38-2)10-12-24/h3-17,34-35H,18H2,1-2H3,(H,31,33). The Kier molecular flexibility index (Phi) is 8.23. The molecule has 0 unspecified atom stereocenters. The van der Waals surface area contributed by atoms with Gasteiger partial charge < -0.3 is 9.94 Å². The second kappa shape index (κ2) is 11.8. The molecule has 1 aromatic heterocycles. The highest BCUT2D eigenvalue weighted by molar-refractivity contribution is 7.92. The van der Waals surface area contributed by atoms with E-state index in [0.29, 0.717) is 33.6 Å². The number of hydrogen-bond acceptors (Lipinski definition) is 8. The summed E-state index contributed by atoms with van der Waals surface area (Å²) in [6.07, 6.45) is 4.37. The predicted molar refractivity (Wildman–Crippen MR) is 146 cm³/mol. The highest BCUT2D eigenvalue weighted by Gasteiger charge is 2.31. The van der Waals surface area contributed by atoms with Crippen molar-refractivity contribution in [1.82, 2.24) is 10.5 Å². The molecular weight excluding hydrogens is 520 g/mol. The molecule has 3 aromatic carbocycles. The van der Waals surface area contributed by atoms with Gasteiger partial charge in [-0.2, -0.15) is 0 Å². The van der Waals surface area contributed by atoms with Crippen LogP contribution in [-0.2, 0) is 16.6 Å². The summed E-state index contributed by atoms with van der Waals surface area (Å²) in [6, 6.07) is 19.6. The normalized spacial score (nSPS) is 11.4. The van der Waals surface area contributed by atoms with Crippen LogP contribution >= 0.6 is 0 Å². The van der Waals surface area contributed by atoms with Gasteiger partial charge in [-0.05, 0) is 71.6 Å². The van der Waals surface area contributed by atoms with Crippen LogP contribution in [0.4, 0.5) is 5.69 Å². The molecule has 1 amide bonds. The van der Waals surface area contributed by atoms with Gasteiger partial charge in [-0.1, -0.05) is 35.5 Å². The van der Waals surface area contributed by atoms with E-state index in [9.17, 15) is 18.4 Å². The highest BCUT2D eigenvalue weighted by atomic mass is 32.2. The monoisotopic (exact) mass is 546 g/mol. The Morgan fingerprint density at radius 1 is 1.10 bits per heavy atom. The number of anilines is 1. The fraction of sp³-hybridized carbons (Fsp3) is 0.107. The number of pyridine rings is 1. The van der Waals surface area contributed by atoms with E-state index in [4.69, 9.17) is 9.94 Å². The molecule has 0 radical (unpaired) electrons. The molecule has 0 aliphatic carbocycles. The number of sulfonamides is 1. The number of rotatable bonds is 9. The third kappa shape index (κ3) is 5.74. The van der Waals surface area contributed by atoms with Crippen LogP contribution in [0.25, 0.3) is 11.1 Å². The van der Waals surface area contributed by atoms with Gasteiger partial charge in [-0.25, -0.2) is 13.9 Å². The number of hydroxylamine groups is 1. The number of amides is 1. The molecule has 39 heavy (non-hydrogen) atoms. The lowest BCUT2D eigenvalue weighted by Crippen LogP contribution is -2.34. The molecule has 0 saturated carbocycles. The van der Waals surface area contributed by atoms with Gasteiger partial charge in [0.25, 0.3) is 15.9 Å². The van der Waals surface area contributed by atoms with Crippen LogP contribution in [0.2, 0.25) is 0 Å². The van der Waals surface area contributed by atoms with Gasteiger partial charge in [-0.15, -0.1) is 0 Å². The first-order valence-corrected chi connectivity index (χ1v) is 13.2. The predicted octanol–water partition coefficient (Wildman–Crippen LogP) is 4.39. The Labute approximate surface area is 225 Å². The second-order valence-corrected chi connectivity index (χ2v) is 10.4. The number of carbonyl (C=O) groups is 1. The van der Waals surface area contributed by atoms with E-state index in [-0.39, 0.29) is 22.7 Å². The summed E-state index contributed by atoms with van der Waals surface area (Å²) >= 11 is 0. The van der Waals surface area contributed by atoms with Crippen LogP contribution in [0.1, 0.15) is 27.0 Å². The number of methoxy groups -OCH3 is 1. The van der Waals surface area contributed by atoms with Crippen molar-refractivity contribution in [2.45, 2.75) is 18.4 Å².